The van der Waals surface area contributed by atoms with Gasteiger partial charge >= 0.3 is 0 Å². The number of piperidine rings is 1. The lowest BCUT2D eigenvalue weighted by atomic mass is 9.97. The number of carbonyl (C=O) groups excluding carboxylic acids is 1. The van der Waals surface area contributed by atoms with Gasteiger partial charge in [0.25, 0.3) is 5.91 Å². The molecule has 3 rings (SSSR count). The summed E-state index contributed by atoms with van der Waals surface area (Å²) in [5, 5.41) is 0. The number of hydrogen-bond acceptors (Lipinski definition) is 3. The van der Waals surface area contributed by atoms with Crippen LogP contribution in [0.15, 0.2) is 36.9 Å². The Labute approximate surface area is 136 Å². The molecular weight excluding hydrogens is 290 g/mol. The summed E-state index contributed by atoms with van der Waals surface area (Å²) in [6, 6.07) is 5.98. The zero-order chi connectivity index (χ0) is 16.2. The molecule has 0 radical (unpaired) electrons. The highest BCUT2D eigenvalue weighted by atomic mass is 16.5. The maximum absolute atomic E-state index is 13.1. The molecule has 1 aromatic heterocycles. The Morgan fingerprint density at radius 3 is 3.04 bits per heavy atom. The quantitative estimate of drug-likeness (QED) is 0.872. The highest BCUT2D eigenvalue weighted by Gasteiger charge is 2.26. The summed E-state index contributed by atoms with van der Waals surface area (Å²) in [6.45, 7) is 4.31. The van der Waals surface area contributed by atoms with Gasteiger partial charge < -0.3 is 14.2 Å². The van der Waals surface area contributed by atoms with Crippen LogP contribution in [0.5, 0.6) is 0 Å². The van der Waals surface area contributed by atoms with Crippen LogP contribution in [0.2, 0.25) is 0 Å². The SMILES string of the molecule is COC[C@@H]1CCCN(C(=O)c2cc(C)ccc2-n2ccnc2)C1. The minimum absolute atomic E-state index is 0.0956. The molecule has 1 aliphatic rings. The summed E-state index contributed by atoms with van der Waals surface area (Å²) in [6.07, 6.45) is 7.48. The van der Waals surface area contributed by atoms with Gasteiger partial charge in [0.1, 0.15) is 0 Å². The van der Waals surface area contributed by atoms with Crippen molar-refractivity contribution in [3.8, 4) is 5.69 Å². The Morgan fingerprint density at radius 1 is 1.43 bits per heavy atom. The fourth-order valence-electron chi connectivity index (χ4n) is 3.24. The lowest BCUT2D eigenvalue weighted by Crippen LogP contribution is -2.41. The van der Waals surface area contributed by atoms with Crippen molar-refractivity contribution < 1.29 is 9.53 Å². The van der Waals surface area contributed by atoms with E-state index in [4.69, 9.17) is 4.74 Å². The van der Waals surface area contributed by atoms with Gasteiger partial charge in [-0.2, -0.15) is 0 Å². The van der Waals surface area contributed by atoms with Crippen molar-refractivity contribution in [1.29, 1.82) is 0 Å². The summed E-state index contributed by atoms with van der Waals surface area (Å²) in [4.78, 5) is 19.1. The summed E-state index contributed by atoms with van der Waals surface area (Å²) >= 11 is 0. The molecule has 5 nitrogen and oxygen atoms in total. The van der Waals surface area contributed by atoms with Crippen LogP contribution in [-0.4, -0.2) is 47.2 Å². The molecule has 0 bridgehead atoms. The van der Waals surface area contributed by atoms with Gasteiger partial charge in [-0.05, 0) is 37.8 Å². The largest absolute Gasteiger partial charge is 0.384 e. The standard InChI is InChI=1S/C18H23N3O2/c1-14-5-6-17(21-9-7-19-13-21)16(10-14)18(22)20-8-3-4-15(11-20)12-23-2/h5-7,9-10,13,15H,3-4,8,11-12H2,1-2H3/t15-/m1/s1. The highest BCUT2D eigenvalue weighted by molar-refractivity contribution is 5.98. The van der Waals surface area contributed by atoms with Gasteiger partial charge in [0.15, 0.2) is 0 Å². The van der Waals surface area contributed by atoms with Crippen LogP contribution < -0.4 is 0 Å². The molecule has 1 amide bonds. The van der Waals surface area contributed by atoms with E-state index in [0.717, 1.165) is 42.7 Å². The molecule has 1 fully saturated rings. The number of hydrogen-bond donors (Lipinski definition) is 0. The third-order valence-electron chi connectivity index (χ3n) is 4.37. The molecule has 2 aromatic rings. The first-order valence-electron chi connectivity index (χ1n) is 8.06. The molecular formula is C18H23N3O2. The van der Waals surface area contributed by atoms with Gasteiger partial charge in [-0.1, -0.05) is 11.6 Å². The van der Waals surface area contributed by atoms with E-state index < -0.39 is 0 Å². The average molecular weight is 313 g/mol. The Bertz CT molecular complexity index is 665. The predicted octanol–water partition coefficient (Wildman–Crippen LogP) is 2.68. The Morgan fingerprint density at radius 2 is 2.30 bits per heavy atom. The molecule has 0 N–H and O–H groups in total. The first-order valence-corrected chi connectivity index (χ1v) is 8.06. The van der Waals surface area contributed by atoms with Gasteiger partial charge in [-0.15, -0.1) is 0 Å². The second-order valence-electron chi connectivity index (χ2n) is 6.21. The van der Waals surface area contributed by atoms with E-state index in [1.165, 1.54) is 0 Å². The first kappa shape index (κ1) is 15.7. The van der Waals surface area contributed by atoms with Crippen LogP contribution in [0.25, 0.3) is 5.69 Å². The van der Waals surface area contributed by atoms with Crippen LogP contribution in [-0.2, 0) is 4.74 Å². The molecule has 0 unspecified atom stereocenters. The number of aryl methyl sites for hydroxylation is 1. The fourth-order valence-corrected chi connectivity index (χ4v) is 3.24. The van der Waals surface area contributed by atoms with E-state index in [-0.39, 0.29) is 5.91 Å². The smallest absolute Gasteiger partial charge is 0.256 e. The number of nitrogens with zero attached hydrogens (tertiary/aromatic N) is 3. The second kappa shape index (κ2) is 6.96. The second-order valence-corrected chi connectivity index (χ2v) is 6.21. The van der Waals surface area contributed by atoms with E-state index in [1.807, 2.05) is 40.8 Å². The average Bonchev–Trinajstić information content (AvgIpc) is 3.09. The molecule has 1 aliphatic heterocycles. The van der Waals surface area contributed by atoms with E-state index in [9.17, 15) is 4.79 Å². The lowest BCUT2D eigenvalue weighted by molar-refractivity contribution is 0.0571. The zero-order valence-electron chi connectivity index (χ0n) is 13.7. The van der Waals surface area contributed by atoms with Crippen molar-refractivity contribution >= 4 is 5.91 Å². The van der Waals surface area contributed by atoms with E-state index in [0.29, 0.717) is 12.5 Å². The topological polar surface area (TPSA) is 47.4 Å². The van der Waals surface area contributed by atoms with Crippen molar-refractivity contribution in [2.24, 2.45) is 5.92 Å². The fraction of sp³-hybridized carbons (Fsp3) is 0.444. The van der Waals surface area contributed by atoms with Gasteiger partial charge in [0.2, 0.25) is 0 Å². The Balaban J connectivity index is 1.88. The maximum Gasteiger partial charge on any atom is 0.256 e. The van der Waals surface area contributed by atoms with E-state index >= 15 is 0 Å². The predicted molar refractivity (Wildman–Crippen MR) is 88.8 cm³/mol. The monoisotopic (exact) mass is 313 g/mol. The third kappa shape index (κ3) is 3.45. The minimum Gasteiger partial charge on any atom is -0.384 e. The molecule has 0 aliphatic carbocycles. The summed E-state index contributed by atoms with van der Waals surface area (Å²) in [7, 11) is 1.72. The molecule has 23 heavy (non-hydrogen) atoms. The normalized spacial score (nSPS) is 18.2. The van der Waals surface area contributed by atoms with Gasteiger partial charge in [0.05, 0.1) is 24.2 Å². The number of imidazole rings is 1. The number of aromatic nitrogens is 2. The van der Waals surface area contributed by atoms with Crippen LogP contribution in [0.4, 0.5) is 0 Å². The molecule has 0 saturated carbocycles. The van der Waals surface area contributed by atoms with Crippen molar-refractivity contribution in [2.75, 3.05) is 26.8 Å². The number of ether oxygens (including phenoxy) is 1. The molecule has 0 spiro atoms. The number of likely N-dealkylation sites (tertiary alicyclic amines) is 1. The highest BCUT2D eigenvalue weighted by Crippen LogP contribution is 2.23. The van der Waals surface area contributed by atoms with E-state index in [2.05, 4.69) is 4.98 Å². The van der Waals surface area contributed by atoms with E-state index in [1.54, 1.807) is 19.6 Å². The van der Waals surface area contributed by atoms with Crippen LogP contribution in [0.1, 0.15) is 28.8 Å². The molecule has 2 heterocycles. The third-order valence-corrected chi connectivity index (χ3v) is 4.37. The van der Waals surface area contributed by atoms with Crippen molar-refractivity contribution in [2.45, 2.75) is 19.8 Å². The van der Waals surface area contributed by atoms with Gasteiger partial charge in [-0.3, -0.25) is 4.79 Å². The Hall–Kier alpha value is -2.14. The van der Waals surface area contributed by atoms with Crippen LogP contribution in [0.3, 0.4) is 0 Å². The summed E-state index contributed by atoms with van der Waals surface area (Å²) < 4.78 is 7.16. The zero-order valence-corrected chi connectivity index (χ0v) is 13.7. The van der Waals surface area contributed by atoms with Gasteiger partial charge in [-0.25, -0.2) is 4.98 Å². The minimum atomic E-state index is 0.0956. The van der Waals surface area contributed by atoms with Crippen LogP contribution in [0, 0.1) is 12.8 Å². The molecule has 5 heteroatoms. The van der Waals surface area contributed by atoms with Crippen molar-refractivity contribution in [1.82, 2.24) is 14.5 Å². The summed E-state index contributed by atoms with van der Waals surface area (Å²) in [5.41, 5.74) is 2.70. The molecule has 1 saturated heterocycles. The van der Waals surface area contributed by atoms with Crippen molar-refractivity contribution in [3.05, 3.63) is 48.0 Å². The van der Waals surface area contributed by atoms with Gasteiger partial charge in [0, 0.05) is 32.6 Å². The number of rotatable bonds is 4. The summed E-state index contributed by atoms with van der Waals surface area (Å²) in [5.74, 6) is 0.525. The maximum atomic E-state index is 13.1. The molecule has 122 valence electrons. The van der Waals surface area contributed by atoms with Crippen LogP contribution >= 0.6 is 0 Å². The number of carbonyl (C=O) groups is 1. The number of benzene rings is 1. The Kier molecular flexibility index (Phi) is 4.76. The van der Waals surface area contributed by atoms with Crippen molar-refractivity contribution in [3.63, 3.8) is 0 Å². The number of methoxy groups -OCH3 is 1. The first-order chi connectivity index (χ1) is 11.2. The number of amides is 1. The molecule has 1 atom stereocenters. The molecule has 1 aromatic carbocycles. The lowest BCUT2D eigenvalue weighted by Gasteiger charge is -2.33.